The minimum Gasteiger partial charge on any atom is -0.419 e. The van der Waals surface area contributed by atoms with Crippen molar-refractivity contribution in [2.45, 2.75) is 31.5 Å². The van der Waals surface area contributed by atoms with E-state index in [0.29, 0.717) is 0 Å². The predicted octanol–water partition coefficient (Wildman–Crippen LogP) is 3.02. The Morgan fingerprint density at radius 2 is 1.65 bits per heavy atom. The van der Waals surface area contributed by atoms with E-state index in [4.69, 9.17) is 9.47 Å². The highest BCUT2D eigenvalue weighted by Gasteiger charge is 2.38. The summed E-state index contributed by atoms with van der Waals surface area (Å²) in [5.74, 6) is -1.52. The lowest BCUT2D eigenvalue weighted by atomic mass is 10.1. The summed E-state index contributed by atoms with van der Waals surface area (Å²) < 4.78 is 10.1. The van der Waals surface area contributed by atoms with Gasteiger partial charge in [-0.15, -0.1) is 11.8 Å². The normalized spacial score (nSPS) is 17.4. The quantitative estimate of drug-likeness (QED) is 0.371. The molecule has 0 unspecified atom stereocenters. The Morgan fingerprint density at radius 3 is 2.15 bits per heavy atom. The van der Waals surface area contributed by atoms with E-state index in [0.717, 1.165) is 16.2 Å². The first-order valence-corrected chi connectivity index (χ1v) is 7.31. The van der Waals surface area contributed by atoms with Gasteiger partial charge < -0.3 is 9.47 Å². The van der Waals surface area contributed by atoms with Gasteiger partial charge in [-0.2, -0.15) is 0 Å². The van der Waals surface area contributed by atoms with Gasteiger partial charge >= 0.3 is 11.9 Å². The van der Waals surface area contributed by atoms with E-state index in [-0.39, 0.29) is 5.57 Å². The summed E-state index contributed by atoms with van der Waals surface area (Å²) in [4.78, 5) is 24.7. The fourth-order valence-electron chi connectivity index (χ4n) is 1.77. The van der Waals surface area contributed by atoms with Crippen LogP contribution in [0.3, 0.4) is 0 Å². The highest BCUT2D eigenvalue weighted by molar-refractivity contribution is 7.99. The molecule has 0 aliphatic carbocycles. The molecule has 0 bridgehead atoms. The van der Waals surface area contributed by atoms with Crippen LogP contribution in [-0.4, -0.2) is 23.5 Å². The van der Waals surface area contributed by atoms with Crippen LogP contribution in [0.5, 0.6) is 0 Å². The van der Waals surface area contributed by atoms with Crippen molar-refractivity contribution in [1.82, 2.24) is 0 Å². The van der Waals surface area contributed by atoms with Crippen LogP contribution in [0, 0.1) is 0 Å². The Hall–Kier alpha value is -1.75. The summed E-state index contributed by atoms with van der Waals surface area (Å²) in [6, 6.07) is 7.60. The molecular weight excluding hydrogens is 276 g/mol. The molecule has 1 aromatic carbocycles. The zero-order valence-corrected chi connectivity index (χ0v) is 12.5. The molecule has 0 amide bonds. The van der Waals surface area contributed by atoms with Crippen molar-refractivity contribution >= 4 is 29.8 Å². The van der Waals surface area contributed by atoms with Crippen LogP contribution in [0.25, 0.3) is 6.08 Å². The third kappa shape index (κ3) is 3.42. The average Bonchev–Trinajstić information content (AvgIpc) is 2.35. The SMILES string of the molecule is CCSc1ccc(C=C2C(=O)OC(C)(C)OC2=O)cc1. The van der Waals surface area contributed by atoms with Crippen LogP contribution in [-0.2, 0) is 19.1 Å². The largest absolute Gasteiger partial charge is 0.419 e. The van der Waals surface area contributed by atoms with Gasteiger partial charge in [0.15, 0.2) is 0 Å². The maximum absolute atomic E-state index is 11.8. The number of thioether (sulfide) groups is 1. The maximum Gasteiger partial charge on any atom is 0.348 e. The molecule has 1 saturated heterocycles. The van der Waals surface area contributed by atoms with Crippen molar-refractivity contribution in [3.63, 3.8) is 0 Å². The van der Waals surface area contributed by atoms with E-state index in [1.165, 1.54) is 19.9 Å². The molecule has 1 aliphatic heterocycles. The van der Waals surface area contributed by atoms with E-state index in [1.54, 1.807) is 11.8 Å². The number of cyclic esters (lactones) is 2. The van der Waals surface area contributed by atoms with E-state index < -0.39 is 17.7 Å². The van der Waals surface area contributed by atoms with E-state index in [2.05, 4.69) is 6.92 Å². The van der Waals surface area contributed by atoms with Gasteiger partial charge in [0.2, 0.25) is 0 Å². The topological polar surface area (TPSA) is 52.6 Å². The Bertz CT molecular complexity index is 536. The Balaban J connectivity index is 2.22. The van der Waals surface area contributed by atoms with E-state index in [1.807, 2.05) is 24.3 Å². The molecule has 0 N–H and O–H groups in total. The van der Waals surface area contributed by atoms with Gasteiger partial charge in [0.25, 0.3) is 5.79 Å². The number of ether oxygens (including phenoxy) is 2. The van der Waals surface area contributed by atoms with E-state index >= 15 is 0 Å². The van der Waals surface area contributed by atoms with Crippen LogP contribution in [0.1, 0.15) is 26.3 Å². The minimum atomic E-state index is -1.20. The Kier molecular flexibility index (Phi) is 4.18. The second kappa shape index (κ2) is 5.71. The van der Waals surface area contributed by atoms with Crippen LogP contribution in [0.15, 0.2) is 34.7 Å². The second-order valence-corrected chi connectivity index (χ2v) is 6.08. The van der Waals surface area contributed by atoms with Crippen molar-refractivity contribution in [2.75, 3.05) is 5.75 Å². The lowest BCUT2D eigenvalue weighted by Crippen LogP contribution is -2.41. The molecule has 1 fully saturated rings. The van der Waals surface area contributed by atoms with Gasteiger partial charge in [0.1, 0.15) is 5.57 Å². The highest BCUT2D eigenvalue weighted by Crippen LogP contribution is 2.25. The van der Waals surface area contributed by atoms with Crippen LogP contribution in [0.4, 0.5) is 0 Å². The molecule has 0 spiro atoms. The second-order valence-electron chi connectivity index (χ2n) is 4.74. The van der Waals surface area contributed by atoms with Crippen molar-refractivity contribution in [3.8, 4) is 0 Å². The van der Waals surface area contributed by atoms with Gasteiger partial charge in [-0.1, -0.05) is 19.1 Å². The summed E-state index contributed by atoms with van der Waals surface area (Å²) in [6.45, 7) is 5.13. The molecule has 0 atom stereocenters. The molecule has 4 nitrogen and oxygen atoms in total. The lowest BCUT2D eigenvalue weighted by molar-refractivity contribution is -0.222. The molecule has 0 saturated carbocycles. The van der Waals surface area contributed by atoms with Crippen molar-refractivity contribution in [2.24, 2.45) is 0 Å². The summed E-state index contributed by atoms with van der Waals surface area (Å²) >= 11 is 1.73. The first-order valence-electron chi connectivity index (χ1n) is 6.32. The molecular formula is C15H16O4S. The monoisotopic (exact) mass is 292 g/mol. The number of carbonyl (C=O) groups is 2. The number of hydrogen-bond donors (Lipinski definition) is 0. The molecule has 0 radical (unpaired) electrons. The molecule has 0 aromatic heterocycles. The predicted molar refractivity (Wildman–Crippen MR) is 77.1 cm³/mol. The van der Waals surface area contributed by atoms with Crippen molar-refractivity contribution < 1.29 is 19.1 Å². The molecule has 5 heteroatoms. The highest BCUT2D eigenvalue weighted by atomic mass is 32.2. The number of benzene rings is 1. The van der Waals surface area contributed by atoms with Gasteiger partial charge in [-0.3, -0.25) is 0 Å². The third-order valence-electron chi connectivity index (χ3n) is 2.62. The van der Waals surface area contributed by atoms with Gasteiger partial charge in [-0.25, -0.2) is 9.59 Å². The average molecular weight is 292 g/mol. The van der Waals surface area contributed by atoms with Gasteiger partial charge in [0.05, 0.1) is 0 Å². The molecule has 1 aliphatic rings. The smallest absolute Gasteiger partial charge is 0.348 e. The number of esters is 2. The number of hydrogen-bond acceptors (Lipinski definition) is 5. The zero-order chi connectivity index (χ0) is 14.8. The van der Waals surface area contributed by atoms with Gasteiger partial charge in [-0.05, 0) is 29.5 Å². The fraction of sp³-hybridized carbons (Fsp3) is 0.333. The molecule has 1 aromatic rings. The summed E-state index contributed by atoms with van der Waals surface area (Å²) in [6.07, 6.45) is 1.49. The van der Waals surface area contributed by atoms with E-state index in [9.17, 15) is 9.59 Å². The Labute approximate surface area is 122 Å². The number of carbonyl (C=O) groups excluding carboxylic acids is 2. The standard InChI is InChI=1S/C15H16O4S/c1-4-20-11-7-5-10(6-8-11)9-12-13(16)18-15(2,3)19-14(12)17/h5-9H,4H2,1-3H3. The first kappa shape index (κ1) is 14.7. The third-order valence-corrected chi connectivity index (χ3v) is 3.51. The van der Waals surface area contributed by atoms with Crippen molar-refractivity contribution in [1.29, 1.82) is 0 Å². The molecule has 20 heavy (non-hydrogen) atoms. The van der Waals surface area contributed by atoms with Gasteiger partial charge in [0, 0.05) is 18.7 Å². The van der Waals surface area contributed by atoms with Crippen molar-refractivity contribution in [3.05, 3.63) is 35.4 Å². The maximum atomic E-state index is 11.8. The molecule has 106 valence electrons. The molecule has 2 rings (SSSR count). The summed E-state index contributed by atoms with van der Waals surface area (Å²) in [5, 5.41) is 0. The van der Waals surface area contributed by atoms with Crippen LogP contribution >= 0.6 is 11.8 Å². The van der Waals surface area contributed by atoms with Crippen LogP contribution < -0.4 is 0 Å². The Morgan fingerprint density at radius 1 is 1.10 bits per heavy atom. The molecule has 1 heterocycles. The summed E-state index contributed by atoms with van der Waals surface area (Å²) in [7, 11) is 0. The van der Waals surface area contributed by atoms with Crippen LogP contribution in [0.2, 0.25) is 0 Å². The zero-order valence-electron chi connectivity index (χ0n) is 11.6. The first-order chi connectivity index (χ1) is 9.41. The summed E-state index contributed by atoms with van der Waals surface area (Å²) in [5.41, 5.74) is 0.675. The number of rotatable bonds is 3. The lowest BCUT2D eigenvalue weighted by Gasteiger charge is -2.29. The minimum absolute atomic E-state index is 0.0831. The fourth-order valence-corrected chi connectivity index (χ4v) is 2.43.